The lowest BCUT2D eigenvalue weighted by atomic mass is 10.1. The Morgan fingerprint density at radius 3 is 2.45 bits per heavy atom. The average Bonchev–Trinajstić information content (AvgIpc) is 2.67. The summed E-state index contributed by atoms with van der Waals surface area (Å²) in [4.78, 5) is 36.3. The van der Waals surface area contributed by atoms with Gasteiger partial charge in [-0.05, 0) is 44.5 Å². The Bertz CT molecular complexity index is 934. The molecule has 1 atom stereocenters. The molecule has 0 saturated heterocycles. The molecule has 1 unspecified atom stereocenters. The van der Waals surface area contributed by atoms with E-state index in [0.29, 0.717) is 0 Å². The van der Waals surface area contributed by atoms with Crippen LogP contribution in [-0.4, -0.2) is 30.3 Å². The maximum atomic E-state index is 12.3. The molecule has 154 valence electrons. The SMILES string of the molecule is Cc1ccc(NCC(=O)NNC(=O)C(C)NC(=O)c2cccc(Cl)c2Cl)c(C)c1. The van der Waals surface area contributed by atoms with Gasteiger partial charge in [-0.3, -0.25) is 25.2 Å². The molecule has 0 bridgehead atoms. The second-order valence-corrected chi connectivity index (χ2v) is 7.29. The van der Waals surface area contributed by atoms with E-state index >= 15 is 0 Å². The zero-order valence-electron chi connectivity index (χ0n) is 16.2. The summed E-state index contributed by atoms with van der Waals surface area (Å²) in [6.07, 6.45) is 0. The molecule has 0 radical (unpaired) electrons. The Hall–Kier alpha value is -2.77. The van der Waals surface area contributed by atoms with E-state index in [1.807, 2.05) is 32.0 Å². The maximum Gasteiger partial charge on any atom is 0.260 e. The quantitative estimate of drug-likeness (QED) is 0.523. The van der Waals surface area contributed by atoms with Crippen molar-refractivity contribution < 1.29 is 14.4 Å². The normalized spacial score (nSPS) is 11.3. The minimum Gasteiger partial charge on any atom is -0.376 e. The number of nitrogens with one attached hydrogen (secondary N) is 4. The number of hydrazine groups is 1. The Balaban J connectivity index is 1.81. The summed E-state index contributed by atoms with van der Waals surface area (Å²) in [5.74, 6) is -1.57. The highest BCUT2D eigenvalue weighted by molar-refractivity contribution is 6.43. The van der Waals surface area contributed by atoms with Crippen LogP contribution in [0.4, 0.5) is 5.69 Å². The number of halogens is 2. The third kappa shape index (κ3) is 6.37. The average molecular weight is 437 g/mol. The molecule has 0 aliphatic rings. The summed E-state index contributed by atoms with van der Waals surface area (Å²) in [5, 5.41) is 5.83. The van der Waals surface area contributed by atoms with Crippen LogP contribution in [0, 0.1) is 13.8 Å². The molecule has 3 amide bonds. The number of hydrogen-bond acceptors (Lipinski definition) is 4. The van der Waals surface area contributed by atoms with Gasteiger partial charge in [0, 0.05) is 5.69 Å². The van der Waals surface area contributed by atoms with Crippen LogP contribution >= 0.6 is 23.2 Å². The van der Waals surface area contributed by atoms with Gasteiger partial charge in [0.2, 0.25) is 0 Å². The van der Waals surface area contributed by atoms with E-state index in [0.717, 1.165) is 16.8 Å². The number of rotatable bonds is 6. The van der Waals surface area contributed by atoms with Crippen LogP contribution < -0.4 is 21.5 Å². The van der Waals surface area contributed by atoms with Crippen LogP contribution in [0.3, 0.4) is 0 Å². The van der Waals surface area contributed by atoms with E-state index in [2.05, 4.69) is 21.5 Å². The van der Waals surface area contributed by atoms with Gasteiger partial charge in [-0.25, -0.2) is 0 Å². The van der Waals surface area contributed by atoms with Gasteiger partial charge < -0.3 is 10.6 Å². The van der Waals surface area contributed by atoms with Gasteiger partial charge in [-0.1, -0.05) is 47.0 Å². The van der Waals surface area contributed by atoms with Gasteiger partial charge in [0.25, 0.3) is 17.7 Å². The highest BCUT2D eigenvalue weighted by Crippen LogP contribution is 2.25. The summed E-state index contributed by atoms with van der Waals surface area (Å²) in [6, 6.07) is 9.54. The first kappa shape index (κ1) is 22.5. The third-order valence-corrected chi connectivity index (χ3v) is 4.90. The summed E-state index contributed by atoms with van der Waals surface area (Å²) >= 11 is 11.9. The van der Waals surface area contributed by atoms with E-state index < -0.39 is 23.8 Å². The summed E-state index contributed by atoms with van der Waals surface area (Å²) in [6.45, 7) is 5.37. The van der Waals surface area contributed by atoms with Crippen LogP contribution in [0.5, 0.6) is 0 Å². The van der Waals surface area contributed by atoms with E-state index in [9.17, 15) is 14.4 Å². The lowest BCUT2D eigenvalue weighted by Crippen LogP contribution is -2.52. The van der Waals surface area contributed by atoms with Crippen LogP contribution in [-0.2, 0) is 9.59 Å². The maximum absolute atomic E-state index is 12.3. The van der Waals surface area contributed by atoms with E-state index in [1.54, 1.807) is 12.1 Å². The summed E-state index contributed by atoms with van der Waals surface area (Å²) in [7, 11) is 0. The predicted molar refractivity (Wildman–Crippen MR) is 114 cm³/mol. The molecule has 0 aromatic heterocycles. The largest absolute Gasteiger partial charge is 0.376 e. The fraction of sp³-hybridized carbons (Fsp3) is 0.250. The van der Waals surface area contributed by atoms with Crippen LogP contribution in [0.2, 0.25) is 10.0 Å². The first-order valence-corrected chi connectivity index (χ1v) is 9.59. The predicted octanol–water partition coefficient (Wildman–Crippen LogP) is 2.99. The van der Waals surface area contributed by atoms with Gasteiger partial charge in [0.1, 0.15) is 6.04 Å². The van der Waals surface area contributed by atoms with Crippen LogP contribution in [0.25, 0.3) is 0 Å². The molecule has 0 heterocycles. The van der Waals surface area contributed by atoms with Crippen LogP contribution in [0.15, 0.2) is 36.4 Å². The smallest absolute Gasteiger partial charge is 0.260 e. The minimum absolute atomic E-state index is 0.0248. The van der Waals surface area contributed by atoms with Crippen molar-refractivity contribution in [3.8, 4) is 0 Å². The van der Waals surface area contributed by atoms with Crippen molar-refractivity contribution in [3.05, 3.63) is 63.1 Å². The Morgan fingerprint density at radius 2 is 1.76 bits per heavy atom. The monoisotopic (exact) mass is 436 g/mol. The standard InChI is InChI=1S/C20H22Cl2N4O3/c1-11-7-8-16(12(2)9-11)23-10-17(27)25-26-19(28)13(3)24-20(29)14-5-4-6-15(21)18(14)22/h4-9,13,23H,10H2,1-3H3,(H,24,29)(H,25,27)(H,26,28). The number of carbonyl (C=O) groups is 3. The fourth-order valence-corrected chi connectivity index (χ4v) is 2.88. The zero-order chi connectivity index (χ0) is 21.6. The second-order valence-electron chi connectivity index (χ2n) is 6.51. The highest BCUT2D eigenvalue weighted by Gasteiger charge is 2.19. The molecule has 2 rings (SSSR count). The van der Waals surface area contributed by atoms with Gasteiger partial charge in [-0.15, -0.1) is 0 Å². The number of anilines is 1. The van der Waals surface area contributed by atoms with Crippen molar-refractivity contribution in [1.82, 2.24) is 16.2 Å². The first-order valence-electron chi connectivity index (χ1n) is 8.83. The van der Waals surface area contributed by atoms with Crippen LogP contribution in [0.1, 0.15) is 28.4 Å². The van der Waals surface area contributed by atoms with Crippen molar-refractivity contribution in [3.63, 3.8) is 0 Å². The van der Waals surface area contributed by atoms with Gasteiger partial charge in [0.05, 0.1) is 22.2 Å². The number of carbonyl (C=O) groups excluding carboxylic acids is 3. The van der Waals surface area contributed by atoms with Crippen molar-refractivity contribution >= 4 is 46.6 Å². The molecule has 4 N–H and O–H groups in total. The van der Waals surface area contributed by atoms with Crippen molar-refractivity contribution in [2.24, 2.45) is 0 Å². The molecule has 9 heteroatoms. The number of benzene rings is 2. The van der Waals surface area contributed by atoms with E-state index in [4.69, 9.17) is 23.2 Å². The molecule has 0 saturated carbocycles. The van der Waals surface area contributed by atoms with Gasteiger partial charge in [0.15, 0.2) is 0 Å². The van der Waals surface area contributed by atoms with E-state index in [-0.39, 0.29) is 22.2 Å². The van der Waals surface area contributed by atoms with E-state index in [1.165, 1.54) is 13.0 Å². The Kier molecular flexibility index (Phi) is 7.87. The molecule has 2 aromatic rings. The zero-order valence-corrected chi connectivity index (χ0v) is 17.7. The number of hydrogen-bond donors (Lipinski definition) is 4. The Morgan fingerprint density at radius 1 is 1.03 bits per heavy atom. The van der Waals surface area contributed by atoms with Crippen molar-refractivity contribution in [2.45, 2.75) is 26.8 Å². The molecule has 29 heavy (non-hydrogen) atoms. The second kappa shape index (κ2) is 10.1. The first-order chi connectivity index (χ1) is 13.7. The highest BCUT2D eigenvalue weighted by atomic mass is 35.5. The summed E-state index contributed by atoms with van der Waals surface area (Å²) in [5.41, 5.74) is 7.69. The lowest BCUT2D eigenvalue weighted by Gasteiger charge is -2.16. The third-order valence-electron chi connectivity index (χ3n) is 4.08. The molecule has 2 aromatic carbocycles. The molecule has 0 spiro atoms. The Labute approximate surface area is 179 Å². The molecular weight excluding hydrogens is 415 g/mol. The lowest BCUT2D eigenvalue weighted by molar-refractivity contribution is -0.128. The molecule has 0 aliphatic carbocycles. The summed E-state index contributed by atoms with van der Waals surface area (Å²) < 4.78 is 0. The molecular formula is C20H22Cl2N4O3. The van der Waals surface area contributed by atoms with Gasteiger partial charge >= 0.3 is 0 Å². The molecule has 7 nitrogen and oxygen atoms in total. The minimum atomic E-state index is -0.912. The number of aryl methyl sites for hydroxylation is 2. The van der Waals surface area contributed by atoms with Gasteiger partial charge in [-0.2, -0.15) is 0 Å². The van der Waals surface area contributed by atoms with Crippen molar-refractivity contribution in [1.29, 1.82) is 0 Å². The molecule has 0 fully saturated rings. The fourth-order valence-electron chi connectivity index (χ4n) is 2.49. The topological polar surface area (TPSA) is 99.3 Å². The van der Waals surface area contributed by atoms with Crippen molar-refractivity contribution in [2.75, 3.05) is 11.9 Å². The molecule has 0 aliphatic heterocycles. The number of amides is 3.